The zero-order chi connectivity index (χ0) is 15.5. The average Bonchev–Trinajstić information content (AvgIpc) is 3.22. The van der Waals surface area contributed by atoms with Crippen molar-refractivity contribution in [1.82, 2.24) is 10.6 Å². The highest BCUT2D eigenvalue weighted by atomic mass is 19.4. The van der Waals surface area contributed by atoms with Crippen molar-refractivity contribution >= 4 is 5.91 Å². The van der Waals surface area contributed by atoms with Gasteiger partial charge in [-0.2, -0.15) is 13.2 Å². The van der Waals surface area contributed by atoms with Crippen molar-refractivity contribution in [2.45, 2.75) is 32.0 Å². The number of benzene rings is 1. The Hall–Kier alpha value is -1.56. The van der Waals surface area contributed by atoms with Gasteiger partial charge in [0.2, 0.25) is 5.91 Å². The summed E-state index contributed by atoms with van der Waals surface area (Å²) < 4.78 is 37.4. The van der Waals surface area contributed by atoms with Crippen LogP contribution in [0.3, 0.4) is 0 Å². The van der Waals surface area contributed by atoms with Gasteiger partial charge >= 0.3 is 6.18 Å². The molecule has 0 aliphatic heterocycles. The van der Waals surface area contributed by atoms with Gasteiger partial charge in [-0.05, 0) is 49.9 Å². The molecule has 2 rings (SSSR count). The molecule has 2 N–H and O–H groups in total. The number of hydrogen-bond acceptors (Lipinski definition) is 2. The number of hydrogen-bond donors (Lipinski definition) is 2. The van der Waals surface area contributed by atoms with Crippen LogP contribution in [0.15, 0.2) is 24.3 Å². The predicted octanol–water partition coefficient (Wildman–Crippen LogP) is 2.88. The van der Waals surface area contributed by atoms with E-state index in [1.54, 1.807) is 6.92 Å². The summed E-state index contributed by atoms with van der Waals surface area (Å²) in [5, 5.41) is 5.84. The molecular formula is C15H19F3N2O. The Morgan fingerprint density at radius 3 is 2.43 bits per heavy atom. The Morgan fingerprint density at radius 2 is 1.90 bits per heavy atom. The molecule has 1 aromatic carbocycles. The number of rotatable bonds is 6. The van der Waals surface area contributed by atoms with Crippen molar-refractivity contribution in [3.05, 3.63) is 35.4 Å². The van der Waals surface area contributed by atoms with Crippen LogP contribution in [0, 0.1) is 5.92 Å². The van der Waals surface area contributed by atoms with Gasteiger partial charge in [0, 0.05) is 0 Å². The first-order chi connectivity index (χ1) is 9.86. The molecular weight excluding hydrogens is 281 g/mol. The summed E-state index contributed by atoms with van der Waals surface area (Å²) in [6, 6.07) is 4.53. The molecule has 1 fully saturated rings. The number of halogens is 3. The topological polar surface area (TPSA) is 41.1 Å². The molecule has 0 heterocycles. The SMILES string of the molecule is C[C@@H](NC(=O)CNCC1CC1)c1ccc(C(F)(F)F)cc1. The van der Waals surface area contributed by atoms with E-state index in [2.05, 4.69) is 10.6 Å². The van der Waals surface area contributed by atoms with Gasteiger partial charge in [0.1, 0.15) is 0 Å². The van der Waals surface area contributed by atoms with Crippen molar-refractivity contribution in [2.24, 2.45) is 5.92 Å². The van der Waals surface area contributed by atoms with Crippen molar-refractivity contribution in [3.63, 3.8) is 0 Å². The van der Waals surface area contributed by atoms with Gasteiger partial charge in [-0.3, -0.25) is 4.79 Å². The minimum Gasteiger partial charge on any atom is -0.348 e. The van der Waals surface area contributed by atoms with Crippen LogP contribution in [0.4, 0.5) is 13.2 Å². The maximum Gasteiger partial charge on any atom is 0.416 e. The molecule has 0 radical (unpaired) electrons. The first-order valence-electron chi connectivity index (χ1n) is 7.03. The van der Waals surface area contributed by atoms with E-state index in [4.69, 9.17) is 0 Å². The van der Waals surface area contributed by atoms with Crippen molar-refractivity contribution in [2.75, 3.05) is 13.1 Å². The Kier molecular flexibility index (Phi) is 4.88. The summed E-state index contributed by atoms with van der Waals surface area (Å²) >= 11 is 0. The van der Waals surface area contributed by atoms with E-state index in [-0.39, 0.29) is 18.5 Å². The molecule has 0 saturated heterocycles. The Labute approximate surface area is 121 Å². The molecule has 6 heteroatoms. The van der Waals surface area contributed by atoms with Crippen LogP contribution in [0.25, 0.3) is 0 Å². The van der Waals surface area contributed by atoms with Crippen LogP contribution in [-0.2, 0) is 11.0 Å². The van der Waals surface area contributed by atoms with Gasteiger partial charge < -0.3 is 10.6 Å². The number of nitrogens with one attached hydrogen (secondary N) is 2. The predicted molar refractivity (Wildman–Crippen MR) is 73.6 cm³/mol. The number of amides is 1. The molecule has 1 aliphatic rings. The summed E-state index contributed by atoms with van der Waals surface area (Å²) in [6.07, 6.45) is -1.90. The standard InChI is InChI=1S/C15H19F3N2O/c1-10(20-14(21)9-19-8-11-2-3-11)12-4-6-13(7-5-12)15(16,17)18/h4-7,10-11,19H,2-3,8-9H2,1H3,(H,20,21)/t10-/m1/s1. The third-order valence-electron chi connectivity index (χ3n) is 3.53. The Bertz CT molecular complexity index is 481. The van der Waals surface area contributed by atoms with Gasteiger partial charge in [0.15, 0.2) is 0 Å². The Balaban J connectivity index is 1.81. The molecule has 116 valence electrons. The molecule has 1 saturated carbocycles. The highest BCUT2D eigenvalue weighted by molar-refractivity contribution is 5.78. The van der Waals surface area contributed by atoms with Crippen molar-refractivity contribution < 1.29 is 18.0 Å². The minimum atomic E-state index is -4.34. The van der Waals surface area contributed by atoms with Crippen molar-refractivity contribution in [3.8, 4) is 0 Å². The monoisotopic (exact) mass is 300 g/mol. The van der Waals surface area contributed by atoms with Gasteiger partial charge in [0.25, 0.3) is 0 Å². The number of carbonyl (C=O) groups is 1. The van der Waals surface area contributed by atoms with Crippen LogP contribution in [0.2, 0.25) is 0 Å². The highest BCUT2D eigenvalue weighted by Crippen LogP contribution is 2.30. The molecule has 3 nitrogen and oxygen atoms in total. The van der Waals surface area contributed by atoms with E-state index in [0.717, 1.165) is 18.7 Å². The summed E-state index contributed by atoms with van der Waals surface area (Å²) in [5.41, 5.74) is -0.0329. The largest absolute Gasteiger partial charge is 0.416 e. The quantitative estimate of drug-likeness (QED) is 0.848. The third-order valence-corrected chi connectivity index (χ3v) is 3.53. The van der Waals surface area contributed by atoms with Gasteiger partial charge in [-0.1, -0.05) is 12.1 Å². The van der Waals surface area contributed by atoms with Gasteiger partial charge in [0.05, 0.1) is 18.2 Å². The van der Waals surface area contributed by atoms with Gasteiger partial charge in [-0.15, -0.1) is 0 Å². The maximum absolute atomic E-state index is 12.5. The second-order valence-corrected chi connectivity index (χ2v) is 5.48. The maximum atomic E-state index is 12.5. The summed E-state index contributed by atoms with van der Waals surface area (Å²) in [6.45, 7) is 2.84. The summed E-state index contributed by atoms with van der Waals surface area (Å²) in [4.78, 5) is 11.7. The van der Waals surface area contributed by atoms with Crippen LogP contribution < -0.4 is 10.6 Å². The van der Waals surface area contributed by atoms with E-state index in [0.29, 0.717) is 11.5 Å². The molecule has 1 atom stereocenters. The van der Waals surface area contributed by atoms with Crippen LogP contribution in [0.1, 0.15) is 36.9 Å². The first kappa shape index (κ1) is 15.8. The Morgan fingerprint density at radius 1 is 1.29 bits per heavy atom. The van der Waals surface area contributed by atoms with Crippen LogP contribution >= 0.6 is 0 Å². The normalized spacial score (nSPS) is 16.6. The summed E-state index contributed by atoms with van der Waals surface area (Å²) in [5.74, 6) is 0.549. The fraction of sp³-hybridized carbons (Fsp3) is 0.533. The van der Waals surface area contributed by atoms with Gasteiger partial charge in [-0.25, -0.2) is 0 Å². The lowest BCUT2D eigenvalue weighted by Crippen LogP contribution is -2.36. The highest BCUT2D eigenvalue weighted by Gasteiger charge is 2.30. The fourth-order valence-corrected chi connectivity index (χ4v) is 2.05. The van der Waals surface area contributed by atoms with E-state index in [9.17, 15) is 18.0 Å². The van der Waals surface area contributed by atoms with E-state index >= 15 is 0 Å². The number of alkyl halides is 3. The molecule has 0 unspecified atom stereocenters. The van der Waals surface area contributed by atoms with E-state index in [1.807, 2.05) is 0 Å². The molecule has 1 aliphatic carbocycles. The minimum absolute atomic E-state index is 0.150. The lowest BCUT2D eigenvalue weighted by molar-refractivity contribution is -0.137. The molecule has 1 amide bonds. The zero-order valence-electron chi connectivity index (χ0n) is 11.8. The molecule has 0 bridgehead atoms. The smallest absolute Gasteiger partial charge is 0.348 e. The van der Waals surface area contributed by atoms with E-state index < -0.39 is 11.7 Å². The van der Waals surface area contributed by atoms with E-state index in [1.165, 1.54) is 25.0 Å². The fourth-order valence-electron chi connectivity index (χ4n) is 2.05. The lowest BCUT2D eigenvalue weighted by Gasteiger charge is -2.15. The number of carbonyl (C=O) groups excluding carboxylic acids is 1. The first-order valence-corrected chi connectivity index (χ1v) is 7.03. The van der Waals surface area contributed by atoms with Crippen molar-refractivity contribution in [1.29, 1.82) is 0 Å². The average molecular weight is 300 g/mol. The van der Waals surface area contributed by atoms with Crippen LogP contribution in [0.5, 0.6) is 0 Å². The summed E-state index contributed by atoms with van der Waals surface area (Å²) in [7, 11) is 0. The third kappa shape index (κ3) is 5.04. The molecule has 1 aromatic rings. The second-order valence-electron chi connectivity index (χ2n) is 5.48. The second kappa shape index (κ2) is 6.47. The zero-order valence-corrected chi connectivity index (χ0v) is 11.8. The lowest BCUT2D eigenvalue weighted by atomic mass is 10.1. The molecule has 0 aromatic heterocycles. The molecule has 21 heavy (non-hydrogen) atoms. The molecule has 0 spiro atoms. The van der Waals surface area contributed by atoms with Crippen LogP contribution in [-0.4, -0.2) is 19.0 Å².